The molecule has 0 saturated heterocycles. The molecular weight excluding hydrogens is 430 g/mol. The van der Waals surface area contributed by atoms with Crippen molar-refractivity contribution in [3.8, 4) is 0 Å². The van der Waals surface area contributed by atoms with Crippen molar-refractivity contribution in [3.05, 3.63) is 48.8 Å². The second-order valence-electron chi connectivity index (χ2n) is 7.01. The van der Waals surface area contributed by atoms with Crippen LogP contribution in [-0.2, 0) is 11.3 Å². The number of anilines is 2. The number of ether oxygens (including phenoxy) is 1. The third-order valence-corrected chi connectivity index (χ3v) is 7.08. The molecule has 0 fully saturated rings. The van der Waals surface area contributed by atoms with Gasteiger partial charge in [-0.25, -0.2) is 24.9 Å². The standard InChI is InChI=1S/C21H21N7OS2/c1-3-8-30-20-17-18(24-11-25-20)27(12-26-17)10-14-4-5-16-15(9-14)28(13-29-2)19-21(31-16)23-7-6-22-19/h4-7,9,11-12H,3,8,10,13H2,1-2H3. The third kappa shape index (κ3) is 3.86. The molecule has 3 aromatic heterocycles. The minimum absolute atomic E-state index is 0.405. The highest BCUT2D eigenvalue weighted by Gasteiger charge is 2.26. The molecule has 0 amide bonds. The molecule has 4 heterocycles. The zero-order valence-corrected chi connectivity index (χ0v) is 18.9. The topological polar surface area (TPSA) is 81.9 Å². The second kappa shape index (κ2) is 8.81. The summed E-state index contributed by atoms with van der Waals surface area (Å²) in [5, 5.41) is 1.82. The molecule has 1 aliphatic rings. The van der Waals surface area contributed by atoms with E-state index in [9.17, 15) is 0 Å². The van der Waals surface area contributed by atoms with E-state index >= 15 is 0 Å². The maximum absolute atomic E-state index is 5.46. The summed E-state index contributed by atoms with van der Waals surface area (Å²) in [5.41, 5.74) is 3.93. The Hall–Kier alpha value is -2.69. The number of nitrogens with zero attached hydrogens (tertiary/aromatic N) is 7. The van der Waals surface area contributed by atoms with Gasteiger partial charge in [-0.15, -0.1) is 11.8 Å². The number of benzene rings is 1. The number of thioether (sulfide) groups is 1. The molecule has 4 aromatic rings. The maximum Gasteiger partial charge on any atom is 0.168 e. The van der Waals surface area contributed by atoms with Gasteiger partial charge in [0, 0.05) is 24.4 Å². The van der Waals surface area contributed by atoms with Gasteiger partial charge in [-0.1, -0.05) is 24.8 Å². The first-order chi connectivity index (χ1) is 15.3. The van der Waals surface area contributed by atoms with E-state index in [0.29, 0.717) is 13.3 Å². The lowest BCUT2D eigenvalue weighted by atomic mass is 10.2. The molecule has 8 nitrogen and oxygen atoms in total. The highest BCUT2D eigenvalue weighted by molar-refractivity contribution is 7.99. The lowest BCUT2D eigenvalue weighted by Crippen LogP contribution is -2.24. The molecular formula is C21H21N7OS2. The number of aromatic nitrogens is 6. The van der Waals surface area contributed by atoms with Gasteiger partial charge in [0.05, 0.1) is 18.6 Å². The normalized spacial score (nSPS) is 12.8. The first kappa shape index (κ1) is 20.2. The zero-order chi connectivity index (χ0) is 21.2. The number of methoxy groups -OCH3 is 1. The van der Waals surface area contributed by atoms with E-state index in [1.165, 1.54) is 0 Å². The van der Waals surface area contributed by atoms with Crippen molar-refractivity contribution >= 4 is 46.2 Å². The fourth-order valence-corrected chi connectivity index (χ4v) is 5.27. The van der Waals surface area contributed by atoms with Crippen molar-refractivity contribution in [1.82, 2.24) is 29.5 Å². The lowest BCUT2D eigenvalue weighted by molar-refractivity contribution is 0.204. The Morgan fingerprint density at radius 3 is 2.87 bits per heavy atom. The van der Waals surface area contributed by atoms with Crippen molar-refractivity contribution in [1.29, 1.82) is 0 Å². The molecule has 158 valence electrons. The maximum atomic E-state index is 5.46. The summed E-state index contributed by atoms with van der Waals surface area (Å²) in [5.74, 6) is 1.83. The Balaban J connectivity index is 1.48. The fourth-order valence-electron chi connectivity index (χ4n) is 3.49. The van der Waals surface area contributed by atoms with Gasteiger partial charge in [0.1, 0.15) is 28.6 Å². The lowest BCUT2D eigenvalue weighted by Gasteiger charge is -2.30. The summed E-state index contributed by atoms with van der Waals surface area (Å²) in [6.07, 6.45) is 7.99. The largest absolute Gasteiger partial charge is 0.364 e. The highest BCUT2D eigenvalue weighted by Crippen LogP contribution is 2.46. The van der Waals surface area contributed by atoms with Crippen LogP contribution >= 0.6 is 23.5 Å². The van der Waals surface area contributed by atoms with E-state index in [4.69, 9.17) is 4.74 Å². The van der Waals surface area contributed by atoms with Gasteiger partial charge < -0.3 is 9.30 Å². The molecule has 10 heteroatoms. The minimum atomic E-state index is 0.405. The molecule has 0 spiro atoms. The van der Waals surface area contributed by atoms with Crippen LogP contribution in [0.1, 0.15) is 18.9 Å². The predicted molar refractivity (Wildman–Crippen MR) is 122 cm³/mol. The van der Waals surface area contributed by atoms with Gasteiger partial charge in [-0.05, 0) is 29.9 Å². The van der Waals surface area contributed by atoms with Gasteiger partial charge in [0.25, 0.3) is 0 Å². The number of hydrogen-bond acceptors (Lipinski definition) is 9. The Morgan fingerprint density at radius 2 is 2.00 bits per heavy atom. The molecule has 5 rings (SSSR count). The zero-order valence-electron chi connectivity index (χ0n) is 17.2. The first-order valence-corrected chi connectivity index (χ1v) is 11.8. The summed E-state index contributed by atoms with van der Waals surface area (Å²) < 4.78 is 7.53. The molecule has 0 bridgehead atoms. The van der Waals surface area contributed by atoms with Crippen LogP contribution in [0.25, 0.3) is 11.2 Å². The molecule has 0 saturated carbocycles. The van der Waals surface area contributed by atoms with E-state index in [1.54, 1.807) is 49.4 Å². The Labute approximate surface area is 188 Å². The molecule has 1 aromatic carbocycles. The molecule has 31 heavy (non-hydrogen) atoms. The van der Waals surface area contributed by atoms with Crippen molar-refractivity contribution in [3.63, 3.8) is 0 Å². The molecule has 0 atom stereocenters. The van der Waals surface area contributed by atoms with Crippen LogP contribution in [0.3, 0.4) is 0 Å². The average molecular weight is 452 g/mol. The third-order valence-electron chi connectivity index (χ3n) is 4.84. The Morgan fingerprint density at radius 1 is 1.10 bits per heavy atom. The van der Waals surface area contributed by atoms with Gasteiger partial charge in [-0.3, -0.25) is 4.90 Å². The summed E-state index contributed by atoms with van der Waals surface area (Å²) in [4.78, 5) is 25.7. The first-order valence-electron chi connectivity index (χ1n) is 9.95. The summed E-state index contributed by atoms with van der Waals surface area (Å²) in [6.45, 7) is 3.23. The van der Waals surface area contributed by atoms with Gasteiger partial charge in [0.2, 0.25) is 0 Å². The Bertz CT molecular complexity index is 1230. The number of fused-ring (bicyclic) bond motifs is 3. The average Bonchev–Trinajstić information content (AvgIpc) is 3.21. The number of rotatable bonds is 7. The van der Waals surface area contributed by atoms with Crippen LogP contribution < -0.4 is 4.90 Å². The van der Waals surface area contributed by atoms with Crippen molar-refractivity contribution in [2.75, 3.05) is 24.5 Å². The predicted octanol–water partition coefficient (Wildman–Crippen LogP) is 4.37. The molecule has 0 unspecified atom stereocenters. The van der Waals surface area contributed by atoms with Crippen LogP contribution in [0, 0.1) is 0 Å². The monoisotopic (exact) mass is 451 g/mol. The molecule has 0 radical (unpaired) electrons. The van der Waals surface area contributed by atoms with Crippen LogP contribution in [0.15, 0.2) is 58.2 Å². The number of imidazole rings is 1. The van der Waals surface area contributed by atoms with Crippen LogP contribution in [-0.4, -0.2) is 49.1 Å². The van der Waals surface area contributed by atoms with Crippen LogP contribution in [0.4, 0.5) is 11.5 Å². The van der Waals surface area contributed by atoms with Gasteiger partial charge >= 0.3 is 0 Å². The van der Waals surface area contributed by atoms with E-state index in [0.717, 1.165) is 55.4 Å². The van der Waals surface area contributed by atoms with E-state index < -0.39 is 0 Å². The highest BCUT2D eigenvalue weighted by atomic mass is 32.2. The van der Waals surface area contributed by atoms with Crippen molar-refractivity contribution in [2.45, 2.75) is 34.8 Å². The quantitative estimate of drug-likeness (QED) is 0.300. The van der Waals surface area contributed by atoms with E-state index in [2.05, 4.69) is 59.5 Å². The van der Waals surface area contributed by atoms with Crippen LogP contribution in [0.2, 0.25) is 0 Å². The minimum Gasteiger partial charge on any atom is -0.364 e. The molecule has 1 aliphatic heterocycles. The Kier molecular flexibility index (Phi) is 5.75. The molecule has 0 aliphatic carbocycles. The summed E-state index contributed by atoms with van der Waals surface area (Å²) in [6, 6.07) is 6.45. The second-order valence-corrected chi connectivity index (χ2v) is 9.12. The van der Waals surface area contributed by atoms with Crippen molar-refractivity contribution < 1.29 is 4.74 Å². The van der Waals surface area contributed by atoms with Gasteiger partial charge in [0.15, 0.2) is 11.5 Å². The van der Waals surface area contributed by atoms with Gasteiger partial charge in [-0.2, -0.15) is 0 Å². The SMILES string of the molecule is CCCSc1ncnc2c1ncn2Cc1ccc2c(c1)N(COC)c1nccnc1S2. The molecule has 0 N–H and O–H groups in total. The van der Waals surface area contributed by atoms with Crippen LogP contribution in [0.5, 0.6) is 0 Å². The van der Waals surface area contributed by atoms with Crippen molar-refractivity contribution in [2.24, 2.45) is 0 Å². The van der Waals surface area contributed by atoms with E-state index in [1.807, 2.05) is 6.33 Å². The van der Waals surface area contributed by atoms with E-state index in [-0.39, 0.29) is 0 Å². The summed E-state index contributed by atoms with van der Waals surface area (Å²) >= 11 is 3.35. The number of hydrogen-bond donors (Lipinski definition) is 0. The smallest absolute Gasteiger partial charge is 0.168 e. The summed E-state index contributed by atoms with van der Waals surface area (Å²) in [7, 11) is 1.69. The fraction of sp³-hybridized carbons (Fsp3) is 0.286.